The molecule has 0 fully saturated rings. The number of hydrogen-bond donors (Lipinski definition) is 0. The van der Waals surface area contributed by atoms with Crippen LogP contribution in [0.15, 0.2) is 188 Å². The molecule has 0 saturated carbocycles. The Labute approximate surface area is 301 Å². The second kappa shape index (κ2) is 11.3. The minimum atomic E-state index is -2.81. The predicted octanol–water partition coefficient (Wildman–Crippen LogP) is 9.97. The molecular formula is C49H37NSi. The topological polar surface area (TPSA) is 3.24 Å². The van der Waals surface area contributed by atoms with Gasteiger partial charge in [0.05, 0.1) is 5.69 Å². The zero-order valence-corrected chi connectivity index (χ0v) is 29.8. The normalized spacial score (nSPS) is 14.4. The minimum absolute atomic E-state index is 0.117. The van der Waals surface area contributed by atoms with E-state index in [4.69, 9.17) is 0 Å². The highest BCUT2D eigenvalue weighted by Gasteiger charge is 2.50. The average molecular weight is 668 g/mol. The van der Waals surface area contributed by atoms with Gasteiger partial charge < -0.3 is 4.90 Å². The Morgan fingerprint density at radius 1 is 0.431 bits per heavy atom. The van der Waals surface area contributed by atoms with Gasteiger partial charge in [-0.15, -0.1) is 0 Å². The quantitative estimate of drug-likeness (QED) is 0.165. The number of fused-ring (bicyclic) bond motifs is 7. The molecule has 1 aliphatic carbocycles. The van der Waals surface area contributed by atoms with Gasteiger partial charge in [0, 0.05) is 22.2 Å². The maximum Gasteiger partial charge on any atom is 0.183 e. The van der Waals surface area contributed by atoms with E-state index in [1.54, 1.807) is 0 Å². The van der Waals surface area contributed by atoms with Crippen LogP contribution in [0.1, 0.15) is 25.0 Å². The molecule has 1 heterocycles. The Hall–Kier alpha value is -5.96. The molecule has 0 spiro atoms. The van der Waals surface area contributed by atoms with E-state index < -0.39 is 8.07 Å². The highest BCUT2D eigenvalue weighted by molar-refractivity contribution is 7.22. The molecule has 0 aromatic heterocycles. The molecule has 0 unspecified atom stereocenters. The molecule has 0 saturated heterocycles. The maximum atomic E-state index is 2.58. The Bertz CT molecular complexity index is 2580. The van der Waals surface area contributed by atoms with Gasteiger partial charge in [0.1, 0.15) is 0 Å². The number of anilines is 3. The first-order chi connectivity index (χ1) is 25.1. The number of benzene rings is 8. The zero-order chi connectivity index (χ0) is 34.2. The van der Waals surface area contributed by atoms with Crippen LogP contribution >= 0.6 is 0 Å². The van der Waals surface area contributed by atoms with Crippen LogP contribution in [0.2, 0.25) is 0 Å². The molecule has 0 amide bonds. The number of rotatable bonds is 5. The smallest absolute Gasteiger partial charge is 0.183 e. The number of hydrogen-bond acceptors (Lipinski definition) is 1. The molecule has 0 radical (unpaired) electrons. The molecule has 1 aliphatic heterocycles. The minimum Gasteiger partial charge on any atom is -0.310 e. The van der Waals surface area contributed by atoms with Crippen LogP contribution in [0.3, 0.4) is 0 Å². The monoisotopic (exact) mass is 667 g/mol. The van der Waals surface area contributed by atoms with E-state index in [1.807, 2.05) is 0 Å². The predicted molar refractivity (Wildman–Crippen MR) is 219 cm³/mol. The van der Waals surface area contributed by atoms with Crippen molar-refractivity contribution < 1.29 is 0 Å². The molecule has 10 rings (SSSR count). The van der Waals surface area contributed by atoms with Crippen molar-refractivity contribution in [2.45, 2.75) is 19.3 Å². The van der Waals surface area contributed by atoms with Crippen molar-refractivity contribution in [2.24, 2.45) is 0 Å². The van der Waals surface area contributed by atoms with E-state index in [0.717, 1.165) is 0 Å². The fraction of sp³-hybridized carbons (Fsp3) is 0.0612. The van der Waals surface area contributed by atoms with E-state index in [2.05, 4.69) is 207 Å². The van der Waals surface area contributed by atoms with Gasteiger partial charge in [-0.3, -0.25) is 0 Å². The molecule has 8 aromatic rings. The van der Waals surface area contributed by atoms with E-state index in [0.29, 0.717) is 0 Å². The fourth-order valence-electron chi connectivity index (χ4n) is 9.31. The van der Waals surface area contributed by atoms with Crippen LogP contribution in [0.25, 0.3) is 33.0 Å². The lowest BCUT2D eigenvalue weighted by Crippen LogP contribution is -2.73. The van der Waals surface area contributed by atoms with Crippen LogP contribution in [0, 0.1) is 0 Å². The van der Waals surface area contributed by atoms with Crippen molar-refractivity contribution in [1.82, 2.24) is 0 Å². The Morgan fingerprint density at radius 3 is 1.78 bits per heavy atom. The second-order valence-electron chi connectivity index (χ2n) is 14.5. The summed E-state index contributed by atoms with van der Waals surface area (Å²) in [5.74, 6) is 0. The zero-order valence-electron chi connectivity index (χ0n) is 28.8. The Morgan fingerprint density at radius 2 is 1.00 bits per heavy atom. The van der Waals surface area contributed by atoms with Gasteiger partial charge in [-0.1, -0.05) is 178 Å². The summed E-state index contributed by atoms with van der Waals surface area (Å²) in [6.45, 7) is 4.76. The molecule has 2 heteroatoms. The summed E-state index contributed by atoms with van der Waals surface area (Å²) in [6.07, 6.45) is 0. The molecule has 2 aliphatic rings. The average Bonchev–Trinajstić information content (AvgIpc) is 3.62. The summed E-state index contributed by atoms with van der Waals surface area (Å²) in [4.78, 5) is 2.58. The lowest BCUT2D eigenvalue weighted by atomic mass is 9.82. The van der Waals surface area contributed by atoms with E-state index in [1.165, 1.54) is 82.0 Å². The summed E-state index contributed by atoms with van der Waals surface area (Å²) in [7, 11) is -2.81. The molecular weight excluding hydrogens is 631 g/mol. The highest BCUT2D eigenvalue weighted by Crippen LogP contribution is 2.51. The first-order valence-electron chi connectivity index (χ1n) is 18.0. The van der Waals surface area contributed by atoms with Crippen molar-refractivity contribution in [2.75, 3.05) is 4.90 Å². The Kier molecular flexibility index (Phi) is 6.62. The van der Waals surface area contributed by atoms with Gasteiger partial charge in [-0.25, -0.2) is 0 Å². The van der Waals surface area contributed by atoms with Crippen molar-refractivity contribution in [3.8, 4) is 22.3 Å². The third-order valence-corrected chi connectivity index (χ3v) is 16.4. The summed E-state index contributed by atoms with van der Waals surface area (Å²) >= 11 is 0. The van der Waals surface area contributed by atoms with E-state index >= 15 is 0 Å². The molecule has 0 atom stereocenters. The number of nitrogens with zero attached hydrogens (tertiary/aromatic N) is 1. The van der Waals surface area contributed by atoms with Gasteiger partial charge in [-0.05, 0) is 83.8 Å². The SMILES string of the molecule is CC1(C)c2ccccc2-c2ccc(N(c3cccc4c3[Si](c3ccccc3)(c3ccccc3)c3ccccc3-4)c3cccc4ccccc34)cc21. The maximum absolute atomic E-state index is 2.81. The van der Waals surface area contributed by atoms with Crippen molar-refractivity contribution in [3.05, 3.63) is 199 Å². The summed E-state index contributed by atoms with van der Waals surface area (Å²) in [6, 6.07) is 70.6. The van der Waals surface area contributed by atoms with Gasteiger partial charge in [0.25, 0.3) is 0 Å². The largest absolute Gasteiger partial charge is 0.310 e. The van der Waals surface area contributed by atoms with Crippen molar-refractivity contribution >= 4 is 56.7 Å². The van der Waals surface area contributed by atoms with Gasteiger partial charge in [-0.2, -0.15) is 0 Å². The summed E-state index contributed by atoms with van der Waals surface area (Å²) in [5.41, 5.74) is 11.6. The first-order valence-corrected chi connectivity index (χ1v) is 20.0. The van der Waals surface area contributed by atoms with Crippen LogP contribution < -0.4 is 25.6 Å². The van der Waals surface area contributed by atoms with Crippen molar-refractivity contribution in [1.29, 1.82) is 0 Å². The highest BCUT2D eigenvalue weighted by atomic mass is 28.3. The van der Waals surface area contributed by atoms with Gasteiger partial charge >= 0.3 is 0 Å². The molecule has 1 nitrogen and oxygen atoms in total. The Balaban J connectivity index is 1.33. The second-order valence-corrected chi connectivity index (χ2v) is 18.2. The van der Waals surface area contributed by atoms with Crippen LogP contribution in [0.4, 0.5) is 17.1 Å². The first kappa shape index (κ1) is 29.9. The molecule has 51 heavy (non-hydrogen) atoms. The van der Waals surface area contributed by atoms with Crippen LogP contribution in [-0.4, -0.2) is 8.07 Å². The third-order valence-electron chi connectivity index (χ3n) is 11.5. The van der Waals surface area contributed by atoms with E-state index in [-0.39, 0.29) is 5.41 Å². The molecule has 0 N–H and O–H groups in total. The molecule has 8 aromatic carbocycles. The van der Waals surface area contributed by atoms with Crippen LogP contribution in [0.5, 0.6) is 0 Å². The standard InChI is InChI=1S/C49H37NSi/c1-49(2)43-27-13-11-24-39(43)40-32-31-35(33-44(40)49)50(45-28-15-18-34-17-9-10-23-38(34)45)46-29-16-26-42-41-25-12-14-30-47(41)51(48(42)46,36-19-5-3-6-20-36)37-21-7-4-8-22-37/h3-33H,1-2H3. The molecule has 242 valence electrons. The molecule has 0 bridgehead atoms. The summed E-state index contributed by atoms with van der Waals surface area (Å²) in [5, 5.41) is 8.17. The lowest BCUT2D eigenvalue weighted by molar-refractivity contribution is 0.660. The van der Waals surface area contributed by atoms with Gasteiger partial charge in [0.2, 0.25) is 0 Å². The fourth-order valence-corrected chi connectivity index (χ4v) is 14.7. The van der Waals surface area contributed by atoms with Crippen molar-refractivity contribution in [3.63, 3.8) is 0 Å². The summed E-state index contributed by atoms with van der Waals surface area (Å²) < 4.78 is 0. The lowest BCUT2D eigenvalue weighted by Gasteiger charge is -2.36. The third kappa shape index (κ3) is 4.20. The van der Waals surface area contributed by atoms with Gasteiger partial charge in [0.15, 0.2) is 8.07 Å². The van der Waals surface area contributed by atoms with E-state index in [9.17, 15) is 0 Å². The van der Waals surface area contributed by atoms with Crippen LogP contribution in [-0.2, 0) is 5.41 Å².